The van der Waals surface area contributed by atoms with Gasteiger partial charge in [0.2, 0.25) is 10.0 Å². The molecule has 0 aliphatic carbocycles. The molecule has 0 aromatic heterocycles. The molecule has 0 saturated carbocycles. The van der Waals surface area contributed by atoms with Gasteiger partial charge in [0.1, 0.15) is 0 Å². The first-order chi connectivity index (χ1) is 11.2. The molecular formula is C16H16Cl2N2O3S. The zero-order valence-corrected chi connectivity index (χ0v) is 15.4. The van der Waals surface area contributed by atoms with Crippen LogP contribution in [0.3, 0.4) is 0 Å². The van der Waals surface area contributed by atoms with Crippen LogP contribution in [-0.4, -0.2) is 32.5 Å². The lowest BCUT2D eigenvalue weighted by molar-refractivity contribution is 0.0785. The Balaban J connectivity index is 2.15. The summed E-state index contributed by atoms with van der Waals surface area (Å²) in [6.45, 7) is 0.398. The fourth-order valence-electron chi connectivity index (χ4n) is 2.11. The Morgan fingerprint density at radius 2 is 1.75 bits per heavy atom. The fourth-order valence-corrected chi connectivity index (χ4v) is 3.05. The van der Waals surface area contributed by atoms with Crippen molar-refractivity contribution in [2.24, 2.45) is 0 Å². The normalized spacial score (nSPS) is 11.2. The minimum atomic E-state index is -3.40. The molecule has 0 radical (unpaired) electrons. The van der Waals surface area contributed by atoms with Gasteiger partial charge in [-0.1, -0.05) is 35.3 Å². The van der Waals surface area contributed by atoms with Gasteiger partial charge in [-0.2, -0.15) is 0 Å². The van der Waals surface area contributed by atoms with Gasteiger partial charge in [0, 0.05) is 24.3 Å². The van der Waals surface area contributed by atoms with E-state index in [2.05, 4.69) is 4.72 Å². The van der Waals surface area contributed by atoms with Crippen molar-refractivity contribution in [3.8, 4) is 0 Å². The SMILES string of the molecule is CN(Cc1ccc(Cl)cc1)C(=O)c1ccc(NS(C)(=O)=O)cc1Cl. The molecule has 0 spiro atoms. The lowest BCUT2D eigenvalue weighted by Gasteiger charge is -2.18. The van der Waals surface area contributed by atoms with E-state index in [4.69, 9.17) is 23.2 Å². The molecule has 0 atom stereocenters. The van der Waals surface area contributed by atoms with Crippen molar-refractivity contribution in [2.45, 2.75) is 6.54 Å². The lowest BCUT2D eigenvalue weighted by atomic mass is 10.1. The highest BCUT2D eigenvalue weighted by Gasteiger charge is 2.16. The number of halogens is 2. The first-order valence-corrected chi connectivity index (χ1v) is 9.58. The number of rotatable bonds is 5. The average molecular weight is 387 g/mol. The summed E-state index contributed by atoms with van der Waals surface area (Å²) < 4.78 is 24.8. The third-order valence-electron chi connectivity index (χ3n) is 3.18. The number of nitrogens with zero attached hydrogens (tertiary/aromatic N) is 1. The Kier molecular flexibility index (Phi) is 5.74. The van der Waals surface area contributed by atoms with E-state index in [1.165, 1.54) is 23.1 Å². The molecule has 0 unspecified atom stereocenters. The van der Waals surface area contributed by atoms with Gasteiger partial charge in [0.15, 0.2) is 0 Å². The second-order valence-electron chi connectivity index (χ2n) is 5.36. The van der Waals surface area contributed by atoms with Gasteiger partial charge in [0.05, 0.1) is 16.8 Å². The van der Waals surface area contributed by atoms with Crippen LogP contribution in [0, 0.1) is 0 Å². The van der Waals surface area contributed by atoms with E-state index in [0.29, 0.717) is 22.8 Å². The number of hydrogen-bond acceptors (Lipinski definition) is 3. The maximum absolute atomic E-state index is 12.5. The van der Waals surface area contributed by atoms with Gasteiger partial charge in [0.25, 0.3) is 5.91 Å². The highest BCUT2D eigenvalue weighted by atomic mass is 35.5. The maximum atomic E-state index is 12.5. The number of carbonyl (C=O) groups is 1. The number of hydrogen-bond donors (Lipinski definition) is 1. The summed E-state index contributed by atoms with van der Waals surface area (Å²) >= 11 is 12.0. The van der Waals surface area contributed by atoms with E-state index in [0.717, 1.165) is 11.8 Å². The van der Waals surface area contributed by atoms with E-state index in [1.807, 2.05) is 12.1 Å². The zero-order valence-electron chi connectivity index (χ0n) is 13.1. The Bertz CT molecular complexity index is 852. The van der Waals surface area contributed by atoms with Crippen molar-refractivity contribution >= 4 is 44.8 Å². The van der Waals surface area contributed by atoms with Crippen LogP contribution in [0.4, 0.5) is 5.69 Å². The van der Waals surface area contributed by atoms with Crippen LogP contribution in [-0.2, 0) is 16.6 Å². The lowest BCUT2D eigenvalue weighted by Crippen LogP contribution is -2.26. The van der Waals surface area contributed by atoms with Gasteiger partial charge < -0.3 is 4.90 Å². The second-order valence-corrected chi connectivity index (χ2v) is 7.95. The monoisotopic (exact) mass is 386 g/mol. The predicted octanol–water partition coefficient (Wildman–Crippen LogP) is 3.64. The molecule has 24 heavy (non-hydrogen) atoms. The molecule has 5 nitrogen and oxygen atoms in total. The summed E-state index contributed by atoms with van der Waals surface area (Å²) in [4.78, 5) is 14.0. The van der Waals surface area contributed by atoms with Crippen molar-refractivity contribution in [1.29, 1.82) is 0 Å². The molecule has 1 N–H and O–H groups in total. The Hall–Kier alpha value is -1.76. The third-order valence-corrected chi connectivity index (χ3v) is 4.35. The van der Waals surface area contributed by atoms with E-state index in [1.54, 1.807) is 19.2 Å². The molecular weight excluding hydrogens is 371 g/mol. The Morgan fingerprint density at radius 3 is 2.29 bits per heavy atom. The Morgan fingerprint density at radius 1 is 1.12 bits per heavy atom. The summed E-state index contributed by atoms with van der Waals surface area (Å²) in [6, 6.07) is 11.6. The number of amides is 1. The summed E-state index contributed by atoms with van der Waals surface area (Å²) in [6.07, 6.45) is 1.04. The van der Waals surface area contributed by atoms with Crippen LogP contribution in [0.15, 0.2) is 42.5 Å². The number of nitrogens with one attached hydrogen (secondary N) is 1. The standard InChI is InChI=1S/C16H16Cl2N2O3S/c1-20(10-11-3-5-12(17)6-4-11)16(21)14-8-7-13(9-15(14)18)19-24(2,22)23/h3-9,19H,10H2,1-2H3. The summed E-state index contributed by atoms with van der Waals surface area (Å²) in [5.74, 6) is -0.263. The molecule has 0 aliphatic rings. The van der Waals surface area contributed by atoms with E-state index in [-0.39, 0.29) is 10.9 Å². The Labute approximate surface area is 151 Å². The molecule has 2 aromatic carbocycles. The topological polar surface area (TPSA) is 66.5 Å². The molecule has 0 fully saturated rings. The molecule has 1 amide bonds. The van der Waals surface area contributed by atoms with Crippen molar-refractivity contribution in [1.82, 2.24) is 4.90 Å². The molecule has 0 saturated heterocycles. The first kappa shape index (κ1) is 18.6. The quantitative estimate of drug-likeness (QED) is 0.852. The minimum Gasteiger partial charge on any atom is -0.337 e. The van der Waals surface area contributed by atoms with Crippen molar-refractivity contribution < 1.29 is 13.2 Å². The summed E-state index contributed by atoms with van der Waals surface area (Å²) in [5.41, 5.74) is 1.54. The minimum absolute atomic E-state index is 0.177. The molecule has 8 heteroatoms. The summed E-state index contributed by atoms with van der Waals surface area (Å²) in [7, 11) is -1.74. The summed E-state index contributed by atoms with van der Waals surface area (Å²) in [5, 5.41) is 0.807. The molecule has 2 aromatic rings. The highest BCUT2D eigenvalue weighted by molar-refractivity contribution is 7.92. The number of benzene rings is 2. The van der Waals surface area contributed by atoms with E-state index in [9.17, 15) is 13.2 Å². The van der Waals surface area contributed by atoms with Gasteiger partial charge >= 0.3 is 0 Å². The predicted molar refractivity (Wildman–Crippen MR) is 97.2 cm³/mol. The highest BCUT2D eigenvalue weighted by Crippen LogP contribution is 2.23. The maximum Gasteiger partial charge on any atom is 0.255 e. The van der Waals surface area contributed by atoms with Gasteiger partial charge in [-0.05, 0) is 35.9 Å². The largest absolute Gasteiger partial charge is 0.337 e. The van der Waals surface area contributed by atoms with Crippen molar-refractivity contribution in [3.63, 3.8) is 0 Å². The van der Waals surface area contributed by atoms with Crippen LogP contribution in [0.2, 0.25) is 10.0 Å². The number of sulfonamides is 1. The van der Waals surface area contributed by atoms with Crippen LogP contribution < -0.4 is 4.72 Å². The average Bonchev–Trinajstić information content (AvgIpc) is 2.47. The molecule has 128 valence electrons. The molecule has 2 rings (SSSR count). The van der Waals surface area contributed by atoms with Gasteiger partial charge in [-0.15, -0.1) is 0 Å². The van der Waals surface area contributed by atoms with Crippen LogP contribution in [0.5, 0.6) is 0 Å². The van der Waals surface area contributed by atoms with Crippen LogP contribution in [0.25, 0.3) is 0 Å². The molecule has 0 bridgehead atoms. The van der Waals surface area contributed by atoms with Crippen molar-refractivity contribution in [3.05, 3.63) is 63.6 Å². The van der Waals surface area contributed by atoms with Gasteiger partial charge in [-0.3, -0.25) is 9.52 Å². The third kappa shape index (κ3) is 5.12. The number of anilines is 1. The van der Waals surface area contributed by atoms with E-state index >= 15 is 0 Å². The van der Waals surface area contributed by atoms with Gasteiger partial charge in [-0.25, -0.2) is 8.42 Å². The molecule has 0 heterocycles. The van der Waals surface area contributed by atoms with Crippen LogP contribution in [0.1, 0.15) is 15.9 Å². The smallest absolute Gasteiger partial charge is 0.255 e. The first-order valence-electron chi connectivity index (χ1n) is 6.93. The van der Waals surface area contributed by atoms with E-state index < -0.39 is 10.0 Å². The number of carbonyl (C=O) groups excluding carboxylic acids is 1. The van der Waals surface area contributed by atoms with Crippen LogP contribution >= 0.6 is 23.2 Å². The molecule has 0 aliphatic heterocycles. The zero-order chi connectivity index (χ0) is 17.9. The second kappa shape index (κ2) is 7.42. The van der Waals surface area contributed by atoms with Crippen molar-refractivity contribution in [2.75, 3.05) is 18.0 Å². The fraction of sp³-hybridized carbons (Fsp3) is 0.188.